The van der Waals surface area contributed by atoms with Crippen LogP contribution in [0.3, 0.4) is 0 Å². The summed E-state index contributed by atoms with van der Waals surface area (Å²) in [6.45, 7) is -0.242. The van der Waals surface area contributed by atoms with Gasteiger partial charge in [0.05, 0.1) is 12.2 Å². The summed E-state index contributed by atoms with van der Waals surface area (Å²) in [4.78, 5) is 3.87. The van der Waals surface area contributed by atoms with Gasteiger partial charge in [-0.15, -0.1) is 0 Å². The number of aliphatic hydroxyl groups excluding tert-OH is 1. The Kier molecular flexibility index (Phi) is 3.34. The van der Waals surface area contributed by atoms with Crippen molar-refractivity contribution in [1.82, 2.24) is 4.98 Å². The van der Waals surface area contributed by atoms with Crippen molar-refractivity contribution in [3.05, 3.63) is 53.9 Å². The number of hydrogen-bond acceptors (Lipinski definition) is 2. The van der Waals surface area contributed by atoms with Crippen molar-refractivity contribution >= 4 is 0 Å². The van der Waals surface area contributed by atoms with Gasteiger partial charge in [-0.25, -0.2) is 0 Å². The molecule has 18 heavy (non-hydrogen) atoms. The molecular formula is C13H10F3NO. The molecule has 0 aliphatic heterocycles. The molecule has 1 heterocycles. The van der Waals surface area contributed by atoms with Crippen molar-refractivity contribution in [2.75, 3.05) is 0 Å². The van der Waals surface area contributed by atoms with Crippen LogP contribution in [0.5, 0.6) is 0 Å². The molecule has 0 amide bonds. The third-order valence-electron chi connectivity index (χ3n) is 2.58. The summed E-state index contributed by atoms with van der Waals surface area (Å²) in [6.07, 6.45) is -1.44. The maximum atomic E-state index is 12.6. The predicted octanol–water partition coefficient (Wildman–Crippen LogP) is 3.26. The van der Waals surface area contributed by atoms with Gasteiger partial charge in [-0.2, -0.15) is 13.2 Å². The molecule has 0 saturated carbocycles. The van der Waals surface area contributed by atoms with E-state index in [1.165, 1.54) is 18.5 Å². The van der Waals surface area contributed by atoms with Crippen LogP contribution in [0.2, 0.25) is 0 Å². The highest BCUT2D eigenvalue weighted by Gasteiger charge is 2.30. The number of nitrogens with zero attached hydrogens (tertiary/aromatic N) is 1. The zero-order chi connectivity index (χ0) is 13.2. The van der Waals surface area contributed by atoms with Gasteiger partial charge in [-0.1, -0.05) is 12.1 Å². The Balaban J connectivity index is 2.51. The van der Waals surface area contributed by atoms with Crippen LogP contribution < -0.4 is 0 Å². The van der Waals surface area contributed by atoms with E-state index in [-0.39, 0.29) is 6.61 Å². The number of alkyl halides is 3. The molecule has 94 valence electrons. The summed E-state index contributed by atoms with van der Waals surface area (Å²) in [6, 6.07) is 6.54. The Labute approximate surface area is 102 Å². The zero-order valence-electron chi connectivity index (χ0n) is 9.28. The molecule has 1 aromatic carbocycles. The van der Waals surface area contributed by atoms with Gasteiger partial charge in [0.25, 0.3) is 0 Å². The van der Waals surface area contributed by atoms with Crippen molar-refractivity contribution in [3.63, 3.8) is 0 Å². The summed E-state index contributed by atoms with van der Waals surface area (Å²) in [5, 5.41) is 9.16. The van der Waals surface area contributed by atoms with E-state index < -0.39 is 11.7 Å². The van der Waals surface area contributed by atoms with Crippen molar-refractivity contribution in [1.29, 1.82) is 0 Å². The fraction of sp³-hybridized carbons (Fsp3) is 0.154. The van der Waals surface area contributed by atoms with Crippen LogP contribution in [0, 0.1) is 0 Å². The lowest BCUT2D eigenvalue weighted by molar-refractivity contribution is -0.137. The van der Waals surface area contributed by atoms with E-state index in [4.69, 9.17) is 5.11 Å². The SMILES string of the molecule is OCc1ccncc1-c1cccc(C(F)(F)F)c1. The van der Waals surface area contributed by atoms with Gasteiger partial charge in [-0.3, -0.25) is 4.98 Å². The molecular weight excluding hydrogens is 243 g/mol. The first kappa shape index (κ1) is 12.6. The standard InChI is InChI=1S/C13H10F3NO/c14-13(15,16)11-3-1-2-9(6-11)12-7-17-5-4-10(12)8-18/h1-7,18H,8H2. The van der Waals surface area contributed by atoms with Gasteiger partial charge in [0.2, 0.25) is 0 Å². The van der Waals surface area contributed by atoms with Crippen LogP contribution in [0.4, 0.5) is 13.2 Å². The number of aliphatic hydroxyl groups is 1. The van der Waals surface area contributed by atoms with Crippen LogP contribution in [0.25, 0.3) is 11.1 Å². The third kappa shape index (κ3) is 2.51. The second-order valence-electron chi connectivity index (χ2n) is 3.77. The minimum atomic E-state index is -4.38. The first-order chi connectivity index (χ1) is 8.52. The highest BCUT2D eigenvalue weighted by atomic mass is 19.4. The van der Waals surface area contributed by atoms with Crippen molar-refractivity contribution in [3.8, 4) is 11.1 Å². The molecule has 1 aromatic heterocycles. The second-order valence-corrected chi connectivity index (χ2v) is 3.77. The largest absolute Gasteiger partial charge is 0.416 e. The lowest BCUT2D eigenvalue weighted by Gasteiger charge is -2.10. The van der Waals surface area contributed by atoms with E-state index in [0.29, 0.717) is 16.7 Å². The summed E-state index contributed by atoms with van der Waals surface area (Å²) in [7, 11) is 0. The zero-order valence-corrected chi connectivity index (χ0v) is 9.28. The Hall–Kier alpha value is -1.88. The molecule has 0 radical (unpaired) electrons. The van der Waals surface area contributed by atoms with Gasteiger partial charge in [-0.05, 0) is 29.3 Å². The average molecular weight is 253 g/mol. The van der Waals surface area contributed by atoms with E-state index in [1.54, 1.807) is 12.1 Å². The molecule has 5 heteroatoms. The smallest absolute Gasteiger partial charge is 0.392 e. The molecule has 0 spiro atoms. The van der Waals surface area contributed by atoms with Gasteiger partial charge in [0.15, 0.2) is 0 Å². The maximum Gasteiger partial charge on any atom is 0.416 e. The molecule has 0 atom stereocenters. The number of pyridine rings is 1. The first-order valence-corrected chi connectivity index (χ1v) is 5.24. The molecule has 2 aromatic rings. The Bertz CT molecular complexity index is 552. The molecule has 0 saturated heterocycles. The van der Waals surface area contributed by atoms with E-state index >= 15 is 0 Å². The van der Waals surface area contributed by atoms with Gasteiger partial charge in [0, 0.05) is 18.0 Å². The van der Waals surface area contributed by atoms with E-state index in [9.17, 15) is 13.2 Å². The van der Waals surface area contributed by atoms with Gasteiger partial charge >= 0.3 is 6.18 Å². The lowest BCUT2D eigenvalue weighted by Crippen LogP contribution is -2.04. The lowest BCUT2D eigenvalue weighted by atomic mass is 10.0. The average Bonchev–Trinajstić information content (AvgIpc) is 2.38. The highest BCUT2D eigenvalue weighted by molar-refractivity contribution is 5.67. The Morgan fingerprint density at radius 2 is 1.94 bits per heavy atom. The van der Waals surface area contributed by atoms with Crippen LogP contribution in [-0.4, -0.2) is 10.1 Å². The maximum absolute atomic E-state index is 12.6. The van der Waals surface area contributed by atoms with Crippen LogP contribution in [0.15, 0.2) is 42.7 Å². The fourth-order valence-corrected chi connectivity index (χ4v) is 1.68. The molecule has 0 aliphatic carbocycles. The topological polar surface area (TPSA) is 33.1 Å². The van der Waals surface area contributed by atoms with Gasteiger partial charge < -0.3 is 5.11 Å². The van der Waals surface area contributed by atoms with Crippen molar-refractivity contribution < 1.29 is 18.3 Å². The Morgan fingerprint density at radius 3 is 2.61 bits per heavy atom. The predicted molar refractivity (Wildman–Crippen MR) is 60.6 cm³/mol. The van der Waals surface area contributed by atoms with E-state index in [0.717, 1.165) is 12.1 Å². The van der Waals surface area contributed by atoms with E-state index in [2.05, 4.69) is 4.98 Å². The summed E-state index contributed by atoms with van der Waals surface area (Å²) >= 11 is 0. The third-order valence-corrected chi connectivity index (χ3v) is 2.58. The first-order valence-electron chi connectivity index (χ1n) is 5.24. The quantitative estimate of drug-likeness (QED) is 0.891. The fourth-order valence-electron chi connectivity index (χ4n) is 1.68. The van der Waals surface area contributed by atoms with Crippen LogP contribution in [0.1, 0.15) is 11.1 Å². The molecule has 0 unspecified atom stereocenters. The number of rotatable bonds is 2. The molecule has 0 fully saturated rings. The second kappa shape index (κ2) is 4.78. The van der Waals surface area contributed by atoms with Crippen LogP contribution >= 0.6 is 0 Å². The van der Waals surface area contributed by atoms with Crippen LogP contribution in [-0.2, 0) is 12.8 Å². The normalized spacial score (nSPS) is 11.6. The monoisotopic (exact) mass is 253 g/mol. The van der Waals surface area contributed by atoms with Crippen molar-refractivity contribution in [2.24, 2.45) is 0 Å². The van der Waals surface area contributed by atoms with E-state index in [1.807, 2.05) is 0 Å². The summed E-state index contributed by atoms with van der Waals surface area (Å²) in [5.41, 5.74) is 0.727. The molecule has 0 aliphatic rings. The Morgan fingerprint density at radius 1 is 1.17 bits per heavy atom. The number of halogens is 3. The molecule has 0 bridgehead atoms. The van der Waals surface area contributed by atoms with Crippen molar-refractivity contribution in [2.45, 2.75) is 12.8 Å². The van der Waals surface area contributed by atoms with Gasteiger partial charge in [0.1, 0.15) is 0 Å². The summed E-state index contributed by atoms with van der Waals surface area (Å²) in [5.74, 6) is 0. The minimum Gasteiger partial charge on any atom is -0.392 e. The molecule has 2 nitrogen and oxygen atoms in total. The summed E-state index contributed by atoms with van der Waals surface area (Å²) < 4.78 is 37.8. The molecule has 2 rings (SSSR count). The number of hydrogen-bond donors (Lipinski definition) is 1. The highest BCUT2D eigenvalue weighted by Crippen LogP contribution is 2.32. The molecule has 1 N–H and O–H groups in total. The minimum absolute atomic E-state index is 0.242. The number of benzene rings is 1. The number of aromatic nitrogens is 1.